The highest BCUT2D eigenvalue weighted by Crippen LogP contribution is 2.19. The molecule has 1 saturated heterocycles. The van der Waals surface area contributed by atoms with Crippen LogP contribution >= 0.6 is 0 Å². The summed E-state index contributed by atoms with van der Waals surface area (Å²) in [5.41, 5.74) is 0. The number of carboxylic acids is 1. The van der Waals surface area contributed by atoms with Gasteiger partial charge in [-0.1, -0.05) is 12.2 Å². The van der Waals surface area contributed by atoms with Crippen LogP contribution in [0.15, 0.2) is 12.2 Å². The van der Waals surface area contributed by atoms with Gasteiger partial charge in [-0.2, -0.15) is 0 Å². The molecule has 2 unspecified atom stereocenters. The minimum absolute atomic E-state index is 0.182. The van der Waals surface area contributed by atoms with Crippen LogP contribution in [0.4, 0.5) is 4.79 Å². The largest absolute Gasteiger partial charge is 0.479 e. The molecule has 2 amide bonds. The van der Waals surface area contributed by atoms with Crippen LogP contribution in [0.3, 0.4) is 0 Å². The Morgan fingerprint density at radius 1 is 1.28 bits per heavy atom. The molecule has 6 nitrogen and oxygen atoms in total. The Kier molecular flexibility index (Phi) is 4.19. The predicted molar refractivity (Wildman–Crippen MR) is 64.2 cm³/mol. The van der Waals surface area contributed by atoms with Gasteiger partial charge in [0.15, 0.2) is 6.10 Å². The van der Waals surface area contributed by atoms with Crippen LogP contribution in [0.2, 0.25) is 0 Å². The average molecular weight is 254 g/mol. The summed E-state index contributed by atoms with van der Waals surface area (Å²) >= 11 is 0. The number of urea groups is 1. The normalized spacial score (nSPS) is 27.3. The lowest BCUT2D eigenvalue weighted by atomic mass is 10.2. The molecule has 0 aromatic rings. The van der Waals surface area contributed by atoms with E-state index in [0.717, 1.165) is 12.8 Å². The molecule has 0 spiro atoms. The molecule has 0 aromatic heterocycles. The van der Waals surface area contributed by atoms with E-state index in [1.165, 1.54) is 0 Å². The zero-order valence-corrected chi connectivity index (χ0v) is 10.1. The fraction of sp³-hybridized carbons (Fsp3) is 0.667. The number of carbonyl (C=O) groups is 2. The lowest BCUT2D eigenvalue weighted by Gasteiger charge is -2.15. The molecule has 2 aliphatic rings. The van der Waals surface area contributed by atoms with Crippen molar-refractivity contribution in [2.45, 2.75) is 43.9 Å². The number of aliphatic carboxylic acids is 1. The van der Waals surface area contributed by atoms with Gasteiger partial charge in [-0.3, -0.25) is 0 Å². The van der Waals surface area contributed by atoms with Gasteiger partial charge in [-0.25, -0.2) is 9.59 Å². The molecular formula is C12H18N2O4. The molecule has 0 bridgehead atoms. The van der Waals surface area contributed by atoms with Crippen molar-refractivity contribution in [1.29, 1.82) is 0 Å². The SMILES string of the molecule is O=C(NCC1CCC(C(=O)O)O1)NC1CC=CC1. The van der Waals surface area contributed by atoms with Crippen molar-refractivity contribution in [3.05, 3.63) is 12.2 Å². The standard InChI is InChI=1S/C12H18N2O4/c15-11(16)10-6-5-9(18-10)7-13-12(17)14-8-3-1-2-4-8/h1-2,8-10H,3-7H2,(H,15,16)(H2,13,14,17). The number of carboxylic acid groups (broad SMARTS) is 1. The van der Waals surface area contributed by atoms with Crippen molar-refractivity contribution >= 4 is 12.0 Å². The van der Waals surface area contributed by atoms with Gasteiger partial charge in [0.25, 0.3) is 0 Å². The summed E-state index contributed by atoms with van der Waals surface area (Å²) in [6.45, 7) is 0.357. The third kappa shape index (κ3) is 3.46. The molecule has 1 fully saturated rings. The van der Waals surface area contributed by atoms with E-state index in [1.54, 1.807) is 0 Å². The first-order valence-electron chi connectivity index (χ1n) is 6.23. The highest BCUT2D eigenvalue weighted by atomic mass is 16.5. The van der Waals surface area contributed by atoms with E-state index in [4.69, 9.17) is 9.84 Å². The molecule has 3 N–H and O–H groups in total. The third-order valence-electron chi connectivity index (χ3n) is 3.22. The number of amides is 2. The smallest absolute Gasteiger partial charge is 0.332 e. The molecule has 100 valence electrons. The van der Waals surface area contributed by atoms with E-state index >= 15 is 0 Å². The zero-order chi connectivity index (χ0) is 13.0. The summed E-state index contributed by atoms with van der Waals surface area (Å²) in [7, 11) is 0. The highest BCUT2D eigenvalue weighted by molar-refractivity contribution is 5.74. The number of hydrogen-bond acceptors (Lipinski definition) is 3. The Balaban J connectivity index is 1.63. The second-order valence-corrected chi connectivity index (χ2v) is 4.66. The second-order valence-electron chi connectivity index (χ2n) is 4.66. The molecule has 0 saturated carbocycles. The Labute approximate surface area is 105 Å². The summed E-state index contributed by atoms with van der Waals surface area (Å²) in [6, 6.07) is -0.0349. The van der Waals surface area contributed by atoms with Crippen LogP contribution in [-0.4, -0.2) is 41.9 Å². The molecular weight excluding hydrogens is 236 g/mol. The van der Waals surface area contributed by atoms with Crippen molar-refractivity contribution in [1.82, 2.24) is 10.6 Å². The van der Waals surface area contributed by atoms with Crippen LogP contribution in [0.1, 0.15) is 25.7 Å². The molecule has 1 heterocycles. The Hall–Kier alpha value is -1.56. The molecule has 18 heavy (non-hydrogen) atoms. The molecule has 0 radical (unpaired) electrons. The minimum Gasteiger partial charge on any atom is -0.479 e. The number of rotatable bonds is 4. The average Bonchev–Trinajstić information content (AvgIpc) is 2.96. The topological polar surface area (TPSA) is 87.7 Å². The highest BCUT2D eigenvalue weighted by Gasteiger charge is 2.30. The molecule has 0 aromatic carbocycles. The van der Waals surface area contributed by atoms with Gasteiger partial charge in [-0.05, 0) is 25.7 Å². The minimum atomic E-state index is -0.931. The lowest BCUT2D eigenvalue weighted by Crippen LogP contribution is -2.43. The van der Waals surface area contributed by atoms with E-state index in [1.807, 2.05) is 12.2 Å². The van der Waals surface area contributed by atoms with Crippen LogP contribution in [0.25, 0.3) is 0 Å². The first-order valence-corrected chi connectivity index (χ1v) is 6.23. The van der Waals surface area contributed by atoms with Crippen molar-refractivity contribution in [2.24, 2.45) is 0 Å². The lowest BCUT2D eigenvalue weighted by molar-refractivity contribution is -0.149. The Bertz CT molecular complexity index is 348. The van der Waals surface area contributed by atoms with Crippen molar-refractivity contribution in [3.8, 4) is 0 Å². The monoisotopic (exact) mass is 254 g/mol. The van der Waals surface area contributed by atoms with Gasteiger partial charge in [0.2, 0.25) is 0 Å². The summed E-state index contributed by atoms with van der Waals surface area (Å²) in [6.07, 6.45) is 6.09. The van der Waals surface area contributed by atoms with Crippen molar-refractivity contribution in [2.75, 3.05) is 6.54 Å². The van der Waals surface area contributed by atoms with Gasteiger partial charge >= 0.3 is 12.0 Å². The summed E-state index contributed by atoms with van der Waals surface area (Å²) in [5.74, 6) is -0.931. The van der Waals surface area contributed by atoms with E-state index in [9.17, 15) is 9.59 Å². The quantitative estimate of drug-likeness (QED) is 0.642. The van der Waals surface area contributed by atoms with Crippen molar-refractivity contribution < 1.29 is 19.4 Å². The predicted octanol–water partition coefficient (Wildman–Crippen LogP) is 0.636. The first kappa shape index (κ1) is 12.9. The van der Waals surface area contributed by atoms with Crippen LogP contribution in [0, 0.1) is 0 Å². The zero-order valence-electron chi connectivity index (χ0n) is 10.1. The van der Waals surface area contributed by atoms with E-state index in [-0.39, 0.29) is 18.2 Å². The van der Waals surface area contributed by atoms with Gasteiger partial charge < -0.3 is 20.5 Å². The van der Waals surface area contributed by atoms with Gasteiger partial charge in [0.1, 0.15) is 0 Å². The van der Waals surface area contributed by atoms with E-state index in [0.29, 0.717) is 19.4 Å². The fourth-order valence-corrected chi connectivity index (χ4v) is 2.22. The second kappa shape index (κ2) is 5.86. The summed E-state index contributed by atoms with van der Waals surface area (Å²) in [4.78, 5) is 22.2. The maximum absolute atomic E-state index is 11.5. The van der Waals surface area contributed by atoms with Crippen LogP contribution in [-0.2, 0) is 9.53 Å². The van der Waals surface area contributed by atoms with Crippen LogP contribution in [0.5, 0.6) is 0 Å². The number of ether oxygens (including phenoxy) is 1. The summed E-state index contributed by atoms with van der Waals surface area (Å²) in [5, 5.41) is 14.3. The first-order chi connectivity index (χ1) is 8.65. The van der Waals surface area contributed by atoms with Gasteiger partial charge in [0, 0.05) is 12.6 Å². The molecule has 6 heteroatoms. The Morgan fingerprint density at radius 2 is 2.00 bits per heavy atom. The van der Waals surface area contributed by atoms with Gasteiger partial charge in [-0.15, -0.1) is 0 Å². The summed E-state index contributed by atoms with van der Waals surface area (Å²) < 4.78 is 5.29. The molecule has 1 aliphatic heterocycles. The molecule has 2 rings (SSSR count). The maximum atomic E-state index is 11.5. The molecule has 1 aliphatic carbocycles. The molecule has 2 atom stereocenters. The van der Waals surface area contributed by atoms with E-state index in [2.05, 4.69) is 10.6 Å². The van der Waals surface area contributed by atoms with E-state index < -0.39 is 12.1 Å². The van der Waals surface area contributed by atoms with Crippen LogP contribution < -0.4 is 10.6 Å². The Morgan fingerprint density at radius 3 is 2.61 bits per heavy atom. The van der Waals surface area contributed by atoms with Gasteiger partial charge in [0.05, 0.1) is 6.10 Å². The number of nitrogens with one attached hydrogen (secondary N) is 2. The fourth-order valence-electron chi connectivity index (χ4n) is 2.22. The number of hydrogen-bond donors (Lipinski definition) is 3. The van der Waals surface area contributed by atoms with Crippen molar-refractivity contribution in [3.63, 3.8) is 0 Å². The number of carbonyl (C=O) groups excluding carboxylic acids is 1. The maximum Gasteiger partial charge on any atom is 0.332 e. The third-order valence-corrected chi connectivity index (χ3v) is 3.22.